The Kier molecular flexibility index (Phi) is 3.48. The zero-order valence-corrected chi connectivity index (χ0v) is 8.04. The molecule has 0 aromatic carbocycles. The highest BCUT2D eigenvalue weighted by molar-refractivity contribution is 7.86. The first-order valence-electron chi connectivity index (χ1n) is 3.69. The van der Waals surface area contributed by atoms with E-state index in [4.69, 9.17) is 0 Å². The third kappa shape index (κ3) is 6.28. The van der Waals surface area contributed by atoms with E-state index >= 15 is 0 Å². The van der Waals surface area contributed by atoms with Crippen molar-refractivity contribution in [2.45, 2.75) is 33.6 Å². The minimum absolute atomic E-state index is 0.0703. The molecule has 0 saturated heterocycles. The van der Waals surface area contributed by atoms with Gasteiger partial charge in [-0.25, -0.2) is 0 Å². The summed E-state index contributed by atoms with van der Waals surface area (Å²) >= 11 is 0. The van der Waals surface area contributed by atoms with Crippen LogP contribution in [0.15, 0.2) is 0 Å². The van der Waals surface area contributed by atoms with Gasteiger partial charge in [-0.2, -0.15) is 8.42 Å². The van der Waals surface area contributed by atoms with Crippen LogP contribution in [0.5, 0.6) is 0 Å². The van der Waals surface area contributed by atoms with Crippen molar-refractivity contribution in [2.24, 2.45) is 5.41 Å². The van der Waals surface area contributed by atoms with Crippen LogP contribution in [0, 0.1) is 5.41 Å². The maximum Gasteiger partial charge on any atom is 0.302 e. The highest BCUT2D eigenvalue weighted by atomic mass is 32.3. The van der Waals surface area contributed by atoms with E-state index in [9.17, 15) is 12.3 Å². The predicted octanol–water partition coefficient (Wildman–Crippen LogP) is 2.11. The van der Waals surface area contributed by atoms with Crippen molar-refractivity contribution in [3.8, 4) is 0 Å². The van der Waals surface area contributed by atoms with Gasteiger partial charge < -0.3 is 0 Å². The van der Waals surface area contributed by atoms with E-state index in [-0.39, 0.29) is 11.2 Å². The average Bonchev–Trinajstić information content (AvgIpc) is 1.83. The van der Waals surface area contributed by atoms with Gasteiger partial charge in [0.2, 0.25) is 0 Å². The summed E-state index contributed by atoms with van der Waals surface area (Å²) < 4.78 is 32.3. The lowest BCUT2D eigenvalue weighted by Crippen LogP contribution is -2.14. The zero-order valence-electron chi connectivity index (χ0n) is 7.22. The lowest BCUT2D eigenvalue weighted by Gasteiger charge is -2.20. The molecule has 0 amide bonds. The highest BCUT2D eigenvalue weighted by Gasteiger charge is 2.18. The molecule has 0 radical (unpaired) electrons. The summed E-state index contributed by atoms with van der Waals surface area (Å²) in [5, 5.41) is 0. The molecular weight excluding hydrogens is 167 g/mol. The van der Waals surface area contributed by atoms with Crippen LogP contribution in [0.2, 0.25) is 0 Å². The topological polar surface area (TPSA) is 34.1 Å². The Balaban J connectivity index is 3.90. The van der Waals surface area contributed by atoms with Crippen LogP contribution >= 0.6 is 0 Å². The Hall–Kier alpha value is -0.120. The monoisotopic (exact) mass is 182 g/mol. The summed E-state index contributed by atoms with van der Waals surface area (Å²) in [6.45, 7) is 5.82. The first kappa shape index (κ1) is 10.9. The smallest absolute Gasteiger partial charge is 0.195 e. The number of hydrogen-bond acceptors (Lipinski definition) is 2. The molecule has 0 rings (SSSR count). The average molecular weight is 182 g/mol. The Labute approximate surface area is 68.0 Å². The minimum atomic E-state index is -4.27. The molecule has 0 saturated carbocycles. The second kappa shape index (κ2) is 3.52. The van der Waals surface area contributed by atoms with Gasteiger partial charge in [0.25, 0.3) is 0 Å². The molecule has 0 atom stereocenters. The minimum Gasteiger partial charge on any atom is -0.195 e. The molecule has 0 aliphatic carbocycles. The van der Waals surface area contributed by atoms with Crippen LogP contribution in [0.25, 0.3) is 0 Å². The quantitative estimate of drug-likeness (QED) is 0.624. The molecule has 0 bridgehead atoms. The lowest BCUT2D eigenvalue weighted by atomic mass is 9.87. The normalized spacial score (nSPS) is 13.5. The maximum absolute atomic E-state index is 12.0. The van der Waals surface area contributed by atoms with Gasteiger partial charge in [-0.3, -0.25) is 0 Å². The fourth-order valence-electron chi connectivity index (χ4n) is 0.575. The Bertz CT molecular complexity index is 206. The summed E-state index contributed by atoms with van der Waals surface area (Å²) in [7, 11) is -4.27. The lowest BCUT2D eigenvalue weighted by molar-refractivity contribution is 0.337. The summed E-state index contributed by atoms with van der Waals surface area (Å²) in [5.74, 6) is -0.353. The largest absolute Gasteiger partial charge is 0.302 e. The zero-order chi connectivity index (χ0) is 9.12. The van der Waals surface area contributed by atoms with Crippen molar-refractivity contribution >= 4 is 10.2 Å². The molecule has 0 aromatic rings. The standard InChI is InChI=1S/C7H15FO2S/c1-4-7(2,3)5-6-11(8,9)10/h4-6H2,1-3H3. The molecule has 0 aliphatic rings. The molecule has 2 nitrogen and oxygen atoms in total. The third-order valence-corrected chi connectivity index (χ3v) is 2.67. The molecule has 0 aromatic heterocycles. The number of hydrogen-bond donors (Lipinski definition) is 0. The summed E-state index contributed by atoms with van der Waals surface area (Å²) in [5.41, 5.74) is -0.0703. The van der Waals surface area contributed by atoms with Crippen molar-refractivity contribution in [1.82, 2.24) is 0 Å². The Morgan fingerprint density at radius 2 is 1.82 bits per heavy atom. The molecule has 68 valence electrons. The summed E-state index contributed by atoms with van der Waals surface area (Å²) in [4.78, 5) is 0. The van der Waals surface area contributed by atoms with Crippen molar-refractivity contribution in [2.75, 3.05) is 5.75 Å². The molecule has 11 heavy (non-hydrogen) atoms. The van der Waals surface area contributed by atoms with Gasteiger partial charge in [0.05, 0.1) is 5.75 Å². The van der Waals surface area contributed by atoms with Crippen LogP contribution in [0.1, 0.15) is 33.6 Å². The van der Waals surface area contributed by atoms with Crippen molar-refractivity contribution < 1.29 is 12.3 Å². The van der Waals surface area contributed by atoms with Crippen LogP contribution in [0.4, 0.5) is 3.89 Å². The van der Waals surface area contributed by atoms with Gasteiger partial charge in [0.1, 0.15) is 0 Å². The van der Waals surface area contributed by atoms with Gasteiger partial charge in [0.15, 0.2) is 0 Å². The van der Waals surface area contributed by atoms with E-state index in [1.54, 1.807) is 0 Å². The number of halogens is 1. The fourth-order valence-corrected chi connectivity index (χ4v) is 1.37. The van der Waals surface area contributed by atoms with E-state index in [0.717, 1.165) is 6.42 Å². The Morgan fingerprint density at radius 1 is 1.36 bits per heavy atom. The molecule has 0 N–H and O–H groups in total. The molecule has 0 fully saturated rings. The summed E-state index contributed by atoms with van der Waals surface area (Å²) in [6, 6.07) is 0. The van der Waals surface area contributed by atoms with Crippen LogP contribution in [-0.4, -0.2) is 14.2 Å². The van der Waals surface area contributed by atoms with Crippen molar-refractivity contribution in [3.05, 3.63) is 0 Å². The van der Waals surface area contributed by atoms with Crippen LogP contribution in [0.3, 0.4) is 0 Å². The molecule has 0 spiro atoms. The van der Waals surface area contributed by atoms with E-state index < -0.39 is 10.2 Å². The van der Waals surface area contributed by atoms with Crippen molar-refractivity contribution in [3.63, 3.8) is 0 Å². The fraction of sp³-hybridized carbons (Fsp3) is 1.00. The maximum atomic E-state index is 12.0. The predicted molar refractivity (Wildman–Crippen MR) is 43.6 cm³/mol. The third-order valence-electron chi connectivity index (χ3n) is 1.98. The van der Waals surface area contributed by atoms with Crippen molar-refractivity contribution in [1.29, 1.82) is 0 Å². The SMILES string of the molecule is CCC(C)(C)CCS(=O)(=O)F. The van der Waals surface area contributed by atoms with E-state index in [1.807, 2.05) is 20.8 Å². The second-order valence-electron chi connectivity index (χ2n) is 3.51. The Morgan fingerprint density at radius 3 is 2.09 bits per heavy atom. The van der Waals surface area contributed by atoms with Gasteiger partial charge in [-0.15, -0.1) is 3.89 Å². The van der Waals surface area contributed by atoms with E-state index in [1.165, 1.54) is 0 Å². The first-order chi connectivity index (χ1) is 4.77. The van der Waals surface area contributed by atoms with Gasteiger partial charge in [-0.1, -0.05) is 27.2 Å². The van der Waals surface area contributed by atoms with E-state index in [2.05, 4.69) is 0 Å². The first-order valence-corrected chi connectivity index (χ1v) is 5.24. The second-order valence-corrected chi connectivity index (χ2v) is 5.00. The number of rotatable bonds is 4. The molecule has 4 heteroatoms. The van der Waals surface area contributed by atoms with Crippen LogP contribution < -0.4 is 0 Å². The molecular formula is C7H15FO2S. The molecule has 0 aliphatic heterocycles. The van der Waals surface area contributed by atoms with E-state index in [0.29, 0.717) is 6.42 Å². The molecule has 0 unspecified atom stereocenters. The molecule has 0 heterocycles. The summed E-state index contributed by atoms with van der Waals surface area (Å²) in [6.07, 6.45) is 1.25. The van der Waals surface area contributed by atoms with Gasteiger partial charge >= 0.3 is 10.2 Å². The van der Waals surface area contributed by atoms with Crippen LogP contribution in [-0.2, 0) is 10.2 Å². The van der Waals surface area contributed by atoms with Gasteiger partial charge in [0, 0.05) is 0 Å². The highest BCUT2D eigenvalue weighted by Crippen LogP contribution is 2.24. The van der Waals surface area contributed by atoms with Gasteiger partial charge in [-0.05, 0) is 11.8 Å².